The highest BCUT2D eigenvalue weighted by atomic mass is 19.1. The summed E-state index contributed by atoms with van der Waals surface area (Å²) in [5, 5.41) is 17.5. The molecule has 0 aromatic carbocycles. The van der Waals surface area contributed by atoms with Gasteiger partial charge in [0.2, 0.25) is 0 Å². The van der Waals surface area contributed by atoms with Gasteiger partial charge >= 0.3 is 5.69 Å². The number of pyridine rings is 1. The Morgan fingerprint density at radius 1 is 1.33 bits per heavy atom. The first-order valence-corrected chi connectivity index (χ1v) is 11.7. The maximum atomic E-state index is 14.0. The van der Waals surface area contributed by atoms with Crippen LogP contribution in [0.15, 0.2) is 57.9 Å². The third-order valence-electron chi connectivity index (χ3n) is 6.65. The van der Waals surface area contributed by atoms with Crippen LogP contribution < -0.4 is 5.69 Å². The molecule has 0 spiro atoms. The number of hydrogen-bond acceptors (Lipinski definition) is 6. The van der Waals surface area contributed by atoms with Crippen LogP contribution in [0.2, 0.25) is 0 Å². The second kappa shape index (κ2) is 10.4. The summed E-state index contributed by atoms with van der Waals surface area (Å²) in [5.41, 5.74) is 1.41. The van der Waals surface area contributed by atoms with Crippen molar-refractivity contribution < 1.29 is 14.3 Å². The van der Waals surface area contributed by atoms with E-state index in [2.05, 4.69) is 29.0 Å². The molecule has 33 heavy (non-hydrogen) atoms. The van der Waals surface area contributed by atoms with Gasteiger partial charge in [0.15, 0.2) is 5.65 Å². The Balaban J connectivity index is 1.40. The van der Waals surface area contributed by atoms with Crippen molar-refractivity contribution in [1.82, 2.24) is 19.1 Å². The molecule has 2 aromatic rings. The SMILES string of the molecule is CCC1CC(OCC2=C(F)CCC=C2)CC(C)N1C/C(Cn1nc2ccccn2c1=O)=N\O. The van der Waals surface area contributed by atoms with Crippen LogP contribution in [-0.2, 0) is 11.3 Å². The fourth-order valence-corrected chi connectivity index (χ4v) is 4.82. The number of nitrogens with zero attached hydrogens (tertiary/aromatic N) is 5. The molecule has 2 aliphatic rings. The predicted octanol–water partition coefficient (Wildman–Crippen LogP) is 3.55. The zero-order valence-electron chi connectivity index (χ0n) is 19.2. The van der Waals surface area contributed by atoms with E-state index in [0.29, 0.717) is 36.5 Å². The Kier molecular flexibility index (Phi) is 7.39. The number of rotatable bonds is 8. The molecule has 1 aliphatic heterocycles. The molecule has 1 aliphatic carbocycles. The van der Waals surface area contributed by atoms with Gasteiger partial charge in [-0.05, 0) is 44.7 Å². The van der Waals surface area contributed by atoms with Crippen LogP contribution in [0.1, 0.15) is 46.0 Å². The van der Waals surface area contributed by atoms with Gasteiger partial charge in [-0.15, -0.1) is 5.10 Å². The largest absolute Gasteiger partial charge is 0.411 e. The van der Waals surface area contributed by atoms with Gasteiger partial charge in [0.05, 0.1) is 25.0 Å². The third-order valence-corrected chi connectivity index (χ3v) is 6.65. The monoisotopic (exact) mass is 457 g/mol. The van der Waals surface area contributed by atoms with Gasteiger partial charge < -0.3 is 9.94 Å². The maximum Gasteiger partial charge on any atom is 0.350 e. The minimum atomic E-state index is -0.266. The predicted molar refractivity (Wildman–Crippen MR) is 124 cm³/mol. The van der Waals surface area contributed by atoms with E-state index in [9.17, 15) is 14.4 Å². The summed E-state index contributed by atoms with van der Waals surface area (Å²) in [6.07, 6.45) is 9.29. The van der Waals surface area contributed by atoms with E-state index >= 15 is 0 Å². The summed E-state index contributed by atoms with van der Waals surface area (Å²) in [5.74, 6) is -0.0685. The Bertz CT molecular complexity index is 1120. The number of hydrogen-bond donors (Lipinski definition) is 1. The lowest BCUT2D eigenvalue weighted by Crippen LogP contribution is -2.52. The molecule has 8 nitrogen and oxygen atoms in total. The number of likely N-dealkylation sites (tertiary alicyclic amines) is 1. The summed E-state index contributed by atoms with van der Waals surface area (Å²) >= 11 is 0. The first kappa shape index (κ1) is 23.4. The molecule has 178 valence electrons. The Labute approximate surface area is 192 Å². The molecule has 4 rings (SSSR count). The summed E-state index contributed by atoms with van der Waals surface area (Å²) in [4.78, 5) is 14.9. The zero-order chi connectivity index (χ0) is 23.4. The zero-order valence-corrected chi connectivity index (χ0v) is 19.2. The highest BCUT2D eigenvalue weighted by molar-refractivity contribution is 5.85. The van der Waals surface area contributed by atoms with Crippen molar-refractivity contribution in [3.63, 3.8) is 0 Å². The van der Waals surface area contributed by atoms with Gasteiger partial charge in [0.25, 0.3) is 0 Å². The number of oxime groups is 1. The molecule has 3 unspecified atom stereocenters. The molecular weight excluding hydrogens is 425 g/mol. The van der Waals surface area contributed by atoms with Crippen LogP contribution in [0.5, 0.6) is 0 Å². The van der Waals surface area contributed by atoms with Gasteiger partial charge in [-0.3, -0.25) is 9.30 Å². The van der Waals surface area contributed by atoms with Crippen LogP contribution in [0, 0.1) is 0 Å². The highest BCUT2D eigenvalue weighted by Gasteiger charge is 2.34. The molecule has 0 amide bonds. The Hall–Kier alpha value is -2.78. The Morgan fingerprint density at radius 3 is 2.91 bits per heavy atom. The first-order valence-electron chi connectivity index (χ1n) is 11.7. The molecule has 1 fully saturated rings. The average molecular weight is 458 g/mol. The summed E-state index contributed by atoms with van der Waals surface area (Å²) in [7, 11) is 0. The highest BCUT2D eigenvalue weighted by Crippen LogP contribution is 2.28. The quantitative estimate of drug-likeness (QED) is 0.372. The van der Waals surface area contributed by atoms with Crippen LogP contribution in [0.3, 0.4) is 0 Å². The van der Waals surface area contributed by atoms with Crippen LogP contribution in [-0.4, -0.2) is 61.3 Å². The van der Waals surface area contributed by atoms with Crippen molar-refractivity contribution in [2.24, 2.45) is 5.16 Å². The average Bonchev–Trinajstić information content (AvgIpc) is 3.14. The molecule has 0 radical (unpaired) electrons. The van der Waals surface area contributed by atoms with Crippen molar-refractivity contribution in [3.05, 3.63) is 58.4 Å². The number of halogens is 1. The fourth-order valence-electron chi connectivity index (χ4n) is 4.82. The second-order valence-electron chi connectivity index (χ2n) is 8.89. The summed E-state index contributed by atoms with van der Waals surface area (Å²) in [6.45, 7) is 5.12. The van der Waals surface area contributed by atoms with E-state index in [1.54, 1.807) is 18.3 Å². The van der Waals surface area contributed by atoms with E-state index in [1.807, 2.05) is 18.2 Å². The molecule has 0 bridgehead atoms. The number of allylic oxidation sites excluding steroid dienone is 2. The fraction of sp³-hybridized carbons (Fsp3) is 0.542. The lowest BCUT2D eigenvalue weighted by Gasteiger charge is -2.43. The third kappa shape index (κ3) is 5.25. The molecule has 2 aromatic heterocycles. The van der Waals surface area contributed by atoms with Gasteiger partial charge in [-0.1, -0.05) is 30.3 Å². The van der Waals surface area contributed by atoms with Gasteiger partial charge in [-0.2, -0.15) is 0 Å². The second-order valence-corrected chi connectivity index (χ2v) is 8.89. The number of aromatic nitrogens is 3. The van der Waals surface area contributed by atoms with Crippen molar-refractivity contribution in [2.75, 3.05) is 13.2 Å². The smallest absolute Gasteiger partial charge is 0.350 e. The lowest BCUT2D eigenvalue weighted by atomic mass is 9.91. The van der Waals surface area contributed by atoms with Crippen LogP contribution in [0.4, 0.5) is 4.39 Å². The molecule has 0 saturated carbocycles. The lowest BCUT2D eigenvalue weighted by molar-refractivity contribution is -0.0259. The minimum Gasteiger partial charge on any atom is -0.411 e. The van der Waals surface area contributed by atoms with Gasteiger partial charge in [0, 0.05) is 36.8 Å². The normalized spacial score (nSPS) is 24.7. The standard InChI is InChI=1S/C24H32FN5O3/c1-3-20-13-21(33-16-18-8-4-5-9-22(18)25)12-17(2)29(20)14-19(27-32)15-30-24(31)28-11-7-6-10-23(28)26-30/h4,6-8,10-11,17,20-21,32H,3,5,9,12-16H2,1-2H3/b27-19+. The summed E-state index contributed by atoms with van der Waals surface area (Å²) in [6, 6.07) is 5.77. The van der Waals surface area contributed by atoms with Crippen molar-refractivity contribution in [1.29, 1.82) is 0 Å². The van der Waals surface area contributed by atoms with E-state index in [4.69, 9.17) is 4.74 Å². The maximum absolute atomic E-state index is 14.0. The van der Waals surface area contributed by atoms with Gasteiger partial charge in [-0.25, -0.2) is 13.9 Å². The van der Waals surface area contributed by atoms with Crippen molar-refractivity contribution in [3.8, 4) is 0 Å². The van der Waals surface area contributed by atoms with E-state index < -0.39 is 0 Å². The molecule has 3 heterocycles. The molecule has 1 saturated heterocycles. The van der Waals surface area contributed by atoms with E-state index in [-0.39, 0.29) is 36.2 Å². The minimum absolute atomic E-state index is 0.0485. The number of ether oxygens (including phenoxy) is 1. The Morgan fingerprint density at radius 2 is 2.18 bits per heavy atom. The first-order chi connectivity index (χ1) is 16.0. The molecule has 1 N–H and O–H groups in total. The van der Waals surface area contributed by atoms with Crippen molar-refractivity contribution >= 4 is 11.4 Å². The van der Waals surface area contributed by atoms with E-state index in [0.717, 1.165) is 25.7 Å². The number of piperidine rings is 1. The van der Waals surface area contributed by atoms with Crippen molar-refractivity contribution in [2.45, 2.75) is 70.7 Å². The molecular formula is C24H32FN5O3. The van der Waals surface area contributed by atoms with Gasteiger partial charge in [0.1, 0.15) is 5.83 Å². The molecule has 3 atom stereocenters. The van der Waals surface area contributed by atoms with Crippen LogP contribution in [0.25, 0.3) is 5.65 Å². The summed E-state index contributed by atoms with van der Waals surface area (Å²) < 4.78 is 22.9. The van der Waals surface area contributed by atoms with E-state index in [1.165, 1.54) is 9.08 Å². The van der Waals surface area contributed by atoms with Crippen LogP contribution >= 0.6 is 0 Å². The topological polar surface area (TPSA) is 84.4 Å². The molecule has 9 heteroatoms. The number of fused-ring (bicyclic) bond motifs is 1.